The second-order valence-electron chi connectivity index (χ2n) is 3.71. The number of benzene rings is 1. The largest absolute Gasteiger partial charge is 0.494 e. The molecule has 1 aromatic carbocycles. The summed E-state index contributed by atoms with van der Waals surface area (Å²) >= 11 is 5.85. The summed E-state index contributed by atoms with van der Waals surface area (Å²) in [5.74, 6) is 1.43. The van der Waals surface area contributed by atoms with E-state index < -0.39 is 0 Å². The van der Waals surface area contributed by atoms with Gasteiger partial charge in [0, 0.05) is 6.07 Å². The van der Waals surface area contributed by atoms with Crippen LogP contribution in [0, 0.1) is 5.92 Å². The highest BCUT2D eigenvalue weighted by atomic mass is 35.5. The molecule has 0 aliphatic heterocycles. The van der Waals surface area contributed by atoms with E-state index in [-0.39, 0.29) is 0 Å². The zero-order chi connectivity index (χ0) is 10.6. The Morgan fingerprint density at radius 3 is 2.71 bits per heavy atom. The molecule has 0 unspecified atom stereocenters. The Morgan fingerprint density at radius 2 is 2.14 bits per heavy atom. The van der Waals surface area contributed by atoms with Crippen LogP contribution in [0.5, 0.6) is 5.75 Å². The number of halogens is 1. The van der Waals surface area contributed by atoms with Gasteiger partial charge in [0.15, 0.2) is 0 Å². The number of ether oxygens (including phenoxy) is 1. The minimum Gasteiger partial charge on any atom is -0.494 e. The topological polar surface area (TPSA) is 35.2 Å². The molecule has 0 radical (unpaired) electrons. The molecule has 78 valence electrons. The molecule has 2 nitrogen and oxygen atoms in total. The van der Waals surface area contributed by atoms with Gasteiger partial charge in [0.1, 0.15) is 5.75 Å². The molecule has 0 atom stereocenters. The molecule has 0 saturated carbocycles. The number of hydrogen-bond acceptors (Lipinski definition) is 2. The minimum absolute atomic E-state index is 0.548. The normalized spacial score (nSPS) is 10.6. The van der Waals surface area contributed by atoms with Gasteiger partial charge in [-0.1, -0.05) is 25.4 Å². The molecule has 0 heterocycles. The van der Waals surface area contributed by atoms with Gasteiger partial charge < -0.3 is 10.5 Å². The molecule has 0 aliphatic rings. The predicted molar refractivity (Wildman–Crippen MR) is 60.8 cm³/mol. The lowest BCUT2D eigenvalue weighted by Crippen LogP contribution is -2.01. The average Bonchev–Trinajstić information content (AvgIpc) is 2.10. The van der Waals surface area contributed by atoms with Crippen LogP contribution in [0.2, 0.25) is 5.02 Å². The standard InChI is InChI=1S/C11H16ClNO/c1-8(2)5-6-14-9-3-4-11(13)10(12)7-9/h3-4,7-8H,5-6,13H2,1-2H3. The summed E-state index contributed by atoms with van der Waals surface area (Å²) in [6, 6.07) is 5.34. The molecule has 1 aromatic rings. The highest BCUT2D eigenvalue weighted by Crippen LogP contribution is 2.24. The van der Waals surface area contributed by atoms with E-state index in [4.69, 9.17) is 22.1 Å². The summed E-state index contributed by atoms with van der Waals surface area (Å²) in [4.78, 5) is 0. The molecule has 0 aromatic heterocycles. The fraction of sp³-hybridized carbons (Fsp3) is 0.455. The van der Waals surface area contributed by atoms with E-state index in [1.807, 2.05) is 6.07 Å². The first-order valence-corrected chi connectivity index (χ1v) is 5.15. The maximum Gasteiger partial charge on any atom is 0.120 e. The van der Waals surface area contributed by atoms with E-state index in [0.29, 0.717) is 16.6 Å². The molecule has 1 rings (SSSR count). The maximum atomic E-state index is 5.85. The van der Waals surface area contributed by atoms with Crippen molar-refractivity contribution in [3.63, 3.8) is 0 Å². The summed E-state index contributed by atoms with van der Waals surface area (Å²) < 4.78 is 5.51. The van der Waals surface area contributed by atoms with Gasteiger partial charge in [-0.3, -0.25) is 0 Å². The third kappa shape index (κ3) is 3.46. The van der Waals surface area contributed by atoms with Crippen LogP contribution in [0.3, 0.4) is 0 Å². The van der Waals surface area contributed by atoms with Gasteiger partial charge in [0.2, 0.25) is 0 Å². The Hall–Kier alpha value is -0.890. The van der Waals surface area contributed by atoms with E-state index in [9.17, 15) is 0 Å². The minimum atomic E-state index is 0.548. The fourth-order valence-electron chi connectivity index (χ4n) is 1.01. The third-order valence-corrected chi connectivity index (χ3v) is 2.26. The van der Waals surface area contributed by atoms with Gasteiger partial charge in [-0.2, -0.15) is 0 Å². The summed E-state index contributed by atoms with van der Waals surface area (Å²) in [7, 11) is 0. The van der Waals surface area contributed by atoms with Crippen molar-refractivity contribution in [1.82, 2.24) is 0 Å². The SMILES string of the molecule is CC(C)CCOc1ccc(N)c(Cl)c1. The number of rotatable bonds is 4. The number of hydrogen-bond donors (Lipinski definition) is 1. The van der Waals surface area contributed by atoms with Crippen LogP contribution in [0.15, 0.2) is 18.2 Å². The van der Waals surface area contributed by atoms with Gasteiger partial charge in [-0.05, 0) is 24.5 Å². The lowest BCUT2D eigenvalue weighted by molar-refractivity contribution is 0.289. The lowest BCUT2D eigenvalue weighted by Gasteiger charge is -2.08. The van der Waals surface area contributed by atoms with Gasteiger partial charge in [0.25, 0.3) is 0 Å². The summed E-state index contributed by atoms with van der Waals surface area (Å²) in [6.45, 7) is 5.05. The molecular formula is C11H16ClNO. The monoisotopic (exact) mass is 213 g/mol. The smallest absolute Gasteiger partial charge is 0.120 e. The molecule has 3 heteroatoms. The van der Waals surface area contributed by atoms with E-state index in [0.717, 1.165) is 18.8 Å². The second-order valence-corrected chi connectivity index (χ2v) is 4.12. The zero-order valence-electron chi connectivity index (χ0n) is 8.59. The lowest BCUT2D eigenvalue weighted by atomic mass is 10.1. The molecule has 0 aliphatic carbocycles. The Balaban J connectivity index is 2.47. The van der Waals surface area contributed by atoms with Crippen molar-refractivity contribution in [2.24, 2.45) is 5.92 Å². The van der Waals surface area contributed by atoms with Crippen LogP contribution in [0.4, 0.5) is 5.69 Å². The Labute approximate surface area is 90.0 Å². The van der Waals surface area contributed by atoms with Gasteiger partial charge in [-0.25, -0.2) is 0 Å². The van der Waals surface area contributed by atoms with E-state index in [1.54, 1.807) is 12.1 Å². The van der Waals surface area contributed by atoms with Crippen molar-refractivity contribution in [3.8, 4) is 5.75 Å². The molecule has 0 amide bonds. The predicted octanol–water partition coefficient (Wildman–Crippen LogP) is 3.35. The van der Waals surface area contributed by atoms with Crippen LogP contribution in [0.25, 0.3) is 0 Å². The van der Waals surface area contributed by atoms with Crippen LogP contribution in [-0.4, -0.2) is 6.61 Å². The molecule has 0 bridgehead atoms. The van der Waals surface area contributed by atoms with E-state index >= 15 is 0 Å². The highest BCUT2D eigenvalue weighted by molar-refractivity contribution is 6.33. The number of nitrogens with two attached hydrogens (primary N) is 1. The van der Waals surface area contributed by atoms with E-state index in [1.165, 1.54) is 0 Å². The van der Waals surface area contributed by atoms with Crippen molar-refractivity contribution in [2.75, 3.05) is 12.3 Å². The fourth-order valence-corrected chi connectivity index (χ4v) is 1.18. The summed E-state index contributed by atoms with van der Waals surface area (Å²) in [5, 5.41) is 0.548. The molecule has 0 spiro atoms. The van der Waals surface area contributed by atoms with Crippen LogP contribution < -0.4 is 10.5 Å². The van der Waals surface area contributed by atoms with Crippen LogP contribution in [0.1, 0.15) is 20.3 Å². The van der Waals surface area contributed by atoms with Gasteiger partial charge >= 0.3 is 0 Å². The van der Waals surface area contributed by atoms with Crippen molar-refractivity contribution in [2.45, 2.75) is 20.3 Å². The molecule has 2 N–H and O–H groups in total. The molecule has 0 fully saturated rings. The molecule has 0 saturated heterocycles. The Morgan fingerprint density at radius 1 is 1.43 bits per heavy atom. The van der Waals surface area contributed by atoms with Crippen LogP contribution >= 0.6 is 11.6 Å². The number of anilines is 1. The Kier molecular flexibility index (Phi) is 4.08. The Bertz CT molecular complexity index is 299. The van der Waals surface area contributed by atoms with E-state index in [2.05, 4.69) is 13.8 Å². The first-order valence-electron chi connectivity index (χ1n) is 4.77. The van der Waals surface area contributed by atoms with Crippen molar-refractivity contribution >= 4 is 17.3 Å². The summed E-state index contributed by atoms with van der Waals surface area (Å²) in [6.07, 6.45) is 1.04. The molecular weight excluding hydrogens is 198 g/mol. The molecule has 14 heavy (non-hydrogen) atoms. The van der Waals surface area contributed by atoms with Crippen molar-refractivity contribution in [1.29, 1.82) is 0 Å². The maximum absolute atomic E-state index is 5.85. The summed E-state index contributed by atoms with van der Waals surface area (Å²) in [5.41, 5.74) is 6.16. The van der Waals surface area contributed by atoms with Crippen molar-refractivity contribution < 1.29 is 4.74 Å². The number of nitrogen functional groups attached to an aromatic ring is 1. The van der Waals surface area contributed by atoms with Crippen LogP contribution in [-0.2, 0) is 0 Å². The zero-order valence-corrected chi connectivity index (χ0v) is 9.34. The van der Waals surface area contributed by atoms with Gasteiger partial charge in [-0.15, -0.1) is 0 Å². The average molecular weight is 214 g/mol. The quantitative estimate of drug-likeness (QED) is 0.779. The third-order valence-electron chi connectivity index (χ3n) is 1.94. The first kappa shape index (κ1) is 11.2. The van der Waals surface area contributed by atoms with Crippen molar-refractivity contribution in [3.05, 3.63) is 23.2 Å². The first-order chi connectivity index (χ1) is 6.59. The highest BCUT2D eigenvalue weighted by Gasteiger charge is 2.00. The van der Waals surface area contributed by atoms with Gasteiger partial charge in [0.05, 0.1) is 17.3 Å². The second kappa shape index (κ2) is 5.11.